The fourth-order valence-corrected chi connectivity index (χ4v) is 2.43. The van der Waals surface area contributed by atoms with Crippen molar-refractivity contribution in [2.45, 2.75) is 19.9 Å². The Morgan fingerprint density at radius 1 is 1.44 bits per heavy atom. The van der Waals surface area contributed by atoms with Crippen molar-refractivity contribution in [1.29, 1.82) is 0 Å². The molecule has 0 bridgehead atoms. The number of aromatic nitrogens is 2. The first-order valence-corrected chi connectivity index (χ1v) is 6.60. The third-order valence-electron chi connectivity index (χ3n) is 2.84. The van der Waals surface area contributed by atoms with Gasteiger partial charge in [0.15, 0.2) is 0 Å². The molecule has 0 radical (unpaired) electrons. The molecule has 0 atom stereocenters. The molecule has 1 aromatic heterocycles. The Morgan fingerprint density at radius 2 is 2.22 bits per heavy atom. The van der Waals surface area contributed by atoms with E-state index in [1.54, 1.807) is 7.11 Å². The maximum Gasteiger partial charge on any atom is 0.122 e. The fraction of sp³-hybridized carbons (Fsp3) is 0.308. The van der Waals surface area contributed by atoms with Crippen LogP contribution in [0.1, 0.15) is 18.3 Å². The normalized spacial score (nSPS) is 10.7. The Bertz CT molecular complexity index is 551. The number of H-pyrrole nitrogens is 1. The van der Waals surface area contributed by atoms with Crippen LogP contribution in [0, 0.1) is 0 Å². The minimum Gasteiger partial charge on any atom is -0.496 e. The Balaban J connectivity index is 2.47. The van der Waals surface area contributed by atoms with Crippen LogP contribution < -0.4 is 10.5 Å². The van der Waals surface area contributed by atoms with E-state index in [4.69, 9.17) is 10.5 Å². The molecule has 0 amide bonds. The number of nitrogens with two attached hydrogens (primary N) is 1. The molecule has 5 heteroatoms. The van der Waals surface area contributed by atoms with E-state index in [-0.39, 0.29) is 0 Å². The fourth-order valence-electron chi connectivity index (χ4n) is 1.89. The number of nitrogens with one attached hydrogen (secondary N) is 1. The van der Waals surface area contributed by atoms with Gasteiger partial charge in [-0.2, -0.15) is 0 Å². The van der Waals surface area contributed by atoms with Crippen LogP contribution in [-0.4, -0.2) is 17.1 Å². The number of halogens is 1. The first-order chi connectivity index (χ1) is 8.69. The van der Waals surface area contributed by atoms with Gasteiger partial charge in [0.25, 0.3) is 0 Å². The topological polar surface area (TPSA) is 63.9 Å². The second-order valence-electron chi connectivity index (χ2n) is 3.93. The van der Waals surface area contributed by atoms with Crippen LogP contribution in [0.3, 0.4) is 0 Å². The monoisotopic (exact) mass is 309 g/mol. The molecular formula is C13H16BrN3O. The van der Waals surface area contributed by atoms with E-state index in [1.165, 1.54) is 5.56 Å². The van der Waals surface area contributed by atoms with Gasteiger partial charge < -0.3 is 15.5 Å². The van der Waals surface area contributed by atoms with Crippen molar-refractivity contribution in [3.05, 3.63) is 34.2 Å². The van der Waals surface area contributed by atoms with Gasteiger partial charge in [-0.1, -0.05) is 6.92 Å². The number of hydrogen-bond acceptors (Lipinski definition) is 3. The Hall–Kier alpha value is -1.33. The van der Waals surface area contributed by atoms with Gasteiger partial charge in [0, 0.05) is 5.56 Å². The van der Waals surface area contributed by atoms with Crippen LogP contribution in [0.5, 0.6) is 5.75 Å². The first kappa shape index (κ1) is 13.1. The number of nitrogens with zero attached hydrogens (tertiary/aromatic N) is 1. The molecule has 2 aromatic rings. The van der Waals surface area contributed by atoms with Gasteiger partial charge in [0.05, 0.1) is 13.7 Å². The van der Waals surface area contributed by atoms with Gasteiger partial charge >= 0.3 is 0 Å². The number of imidazole rings is 1. The largest absolute Gasteiger partial charge is 0.496 e. The van der Waals surface area contributed by atoms with Crippen molar-refractivity contribution in [1.82, 2.24) is 9.97 Å². The first-order valence-electron chi connectivity index (χ1n) is 5.81. The SMILES string of the molecule is CCc1cc(-c2nc(CN)[nH]c2Br)ccc1OC. The number of hydrogen-bond donors (Lipinski definition) is 2. The molecular weight excluding hydrogens is 294 g/mol. The van der Waals surface area contributed by atoms with Crippen molar-refractivity contribution in [2.75, 3.05) is 7.11 Å². The van der Waals surface area contributed by atoms with Gasteiger partial charge in [0.2, 0.25) is 0 Å². The zero-order valence-electron chi connectivity index (χ0n) is 10.5. The molecule has 0 fully saturated rings. The molecule has 1 aromatic carbocycles. The molecule has 0 aliphatic carbocycles. The van der Waals surface area contributed by atoms with Crippen molar-refractivity contribution in [3.8, 4) is 17.0 Å². The second-order valence-corrected chi connectivity index (χ2v) is 4.72. The molecule has 4 nitrogen and oxygen atoms in total. The summed E-state index contributed by atoms with van der Waals surface area (Å²) in [4.78, 5) is 7.57. The summed E-state index contributed by atoms with van der Waals surface area (Å²) in [6.07, 6.45) is 0.919. The summed E-state index contributed by atoms with van der Waals surface area (Å²) in [6.45, 7) is 2.50. The van der Waals surface area contributed by atoms with E-state index < -0.39 is 0 Å². The quantitative estimate of drug-likeness (QED) is 0.912. The van der Waals surface area contributed by atoms with E-state index in [1.807, 2.05) is 12.1 Å². The summed E-state index contributed by atoms with van der Waals surface area (Å²) < 4.78 is 6.18. The number of aromatic amines is 1. The summed E-state index contributed by atoms with van der Waals surface area (Å²) in [6, 6.07) is 6.07. The van der Waals surface area contributed by atoms with E-state index in [0.29, 0.717) is 6.54 Å². The van der Waals surface area contributed by atoms with Gasteiger partial charge in [-0.05, 0) is 46.1 Å². The molecule has 1 heterocycles. The van der Waals surface area contributed by atoms with Crippen molar-refractivity contribution < 1.29 is 4.74 Å². The van der Waals surface area contributed by atoms with Crippen LogP contribution in [0.25, 0.3) is 11.3 Å². The van der Waals surface area contributed by atoms with Gasteiger partial charge in [-0.15, -0.1) is 0 Å². The molecule has 96 valence electrons. The molecule has 3 N–H and O–H groups in total. The number of rotatable bonds is 4. The Morgan fingerprint density at radius 3 is 2.78 bits per heavy atom. The number of benzene rings is 1. The number of ether oxygens (including phenoxy) is 1. The molecule has 0 aliphatic heterocycles. The van der Waals surface area contributed by atoms with E-state index in [2.05, 4.69) is 38.9 Å². The average molecular weight is 310 g/mol. The third-order valence-corrected chi connectivity index (χ3v) is 3.41. The van der Waals surface area contributed by atoms with Crippen LogP contribution >= 0.6 is 15.9 Å². The zero-order valence-corrected chi connectivity index (χ0v) is 12.0. The average Bonchev–Trinajstić information content (AvgIpc) is 2.79. The van der Waals surface area contributed by atoms with Gasteiger partial charge in [-0.3, -0.25) is 0 Å². The molecule has 0 unspecified atom stereocenters. The highest BCUT2D eigenvalue weighted by Crippen LogP contribution is 2.30. The highest BCUT2D eigenvalue weighted by atomic mass is 79.9. The lowest BCUT2D eigenvalue weighted by Crippen LogP contribution is -1.98. The molecule has 2 rings (SSSR count). The van der Waals surface area contributed by atoms with Crippen LogP contribution in [-0.2, 0) is 13.0 Å². The summed E-state index contributed by atoms with van der Waals surface area (Å²) in [7, 11) is 1.69. The highest BCUT2D eigenvalue weighted by molar-refractivity contribution is 9.10. The predicted octanol–water partition coefficient (Wildman–Crippen LogP) is 2.87. The second kappa shape index (κ2) is 5.54. The van der Waals surface area contributed by atoms with Crippen molar-refractivity contribution >= 4 is 15.9 Å². The highest BCUT2D eigenvalue weighted by Gasteiger charge is 2.11. The minimum atomic E-state index is 0.398. The lowest BCUT2D eigenvalue weighted by Gasteiger charge is -2.08. The van der Waals surface area contributed by atoms with E-state index in [0.717, 1.165) is 33.9 Å². The van der Waals surface area contributed by atoms with Gasteiger partial charge in [-0.25, -0.2) is 4.98 Å². The molecule has 0 aliphatic rings. The maximum absolute atomic E-state index is 5.58. The lowest BCUT2D eigenvalue weighted by molar-refractivity contribution is 0.410. The van der Waals surface area contributed by atoms with Crippen molar-refractivity contribution in [3.63, 3.8) is 0 Å². The van der Waals surface area contributed by atoms with Crippen LogP contribution in [0.15, 0.2) is 22.8 Å². The Labute approximate surface area is 115 Å². The minimum absolute atomic E-state index is 0.398. The Kier molecular flexibility index (Phi) is 4.04. The predicted molar refractivity (Wildman–Crippen MR) is 75.5 cm³/mol. The zero-order chi connectivity index (χ0) is 13.1. The van der Waals surface area contributed by atoms with Crippen molar-refractivity contribution in [2.24, 2.45) is 5.73 Å². The maximum atomic E-state index is 5.58. The van der Waals surface area contributed by atoms with Gasteiger partial charge in [0.1, 0.15) is 21.9 Å². The molecule has 18 heavy (non-hydrogen) atoms. The smallest absolute Gasteiger partial charge is 0.122 e. The third kappa shape index (κ3) is 2.42. The summed E-state index contributed by atoms with van der Waals surface area (Å²) >= 11 is 3.47. The summed E-state index contributed by atoms with van der Waals surface area (Å²) in [5.41, 5.74) is 8.68. The van der Waals surface area contributed by atoms with Crippen LogP contribution in [0.2, 0.25) is 0 Å². The summed E-state index contributed by atoms with van der Waals surface area (Å²) in [5, 5.41) is 0. The number of aryl methyl sites for hydroxylation is 1. The molecule has 0 saturated heterocycles. The molecule has 0 saturated carbocycles. The standard InChI is InChI=1S/C13H16BrN3O/c1-3-8-6-9(4-5-10(8)18-2)12-13(14)17-11(7-15)16-12/h4-6H,3,7,15H2,1-2H3,(H,16,17). The van der Waals surface area contributed by atoms with E-state index in [9.17, 15) is 0 Å². The van der Waals surface area contributed by atoms with E-state index >= 15 is 0 Å². The molecule has 0 spiro atoms. The summed E-state index contributed by atoms with van der Waals surface area (Å²) in [5.74, 6) is 1.68. The lowest BCUT2D eigenvalue weighted by atomic mass is 10.1. The van der Waals surface area contributed by atoms with Crippen LogP contribution in [0.4, 0.5) is 0 Å². The number of methoxy groups -OCH3 is 1.